The standard InChI is InChI=1S/C12H13F2N5O3S/c1-23(21,22)17-11-6-19(18-16-11)7-12(20)15-5-8-9(13)3-2-4-10(8)14/h2-4,6,17H,5,7H2,1H3,(H,15,20). The molecule has 2 rings (SSSR count). The number of hydrogen-bond donors (Lipinski definition) is 2. The molecule has 11 heteroatoms. The summed E-state index contributed by atoms with van der Waals surface area (Å²) < 4.78 is 52.0. The van der Waals surface area contributed by atoms with Crippen LogP contribution < -0.4 is 10.0 Å². The maximum absolute atomic E-state index is 13.4. The molecule has 0 atom stereocenters. The Bertz CT molecular complexity index is 802. The van der Waals surface area contributed by atoms with E-state index in [-0.39, 0.29) is 24.5 Å². The first-order chi connectivity index (χ1) is 10.7. The second-order valence-corrected chi connectivity index (χ2v) is 6.40. The molecule has 8 nitrogen and oxygen atoms in total. The third-order valence-electron chi connectivity index (χ3n) is 2.66. The van der Waals surface area contributed by atoms with Gasteiger partial charge in [-0.3, -0.25) is 9.52 Å². The van der Waals surface area contributed by atoms with Gasteiger partial charge in [-0.2, -0.15) is 0 Å². The van der Waals surface area contributed by atoms with E-state index in [1.807, 2.05) is 0 Å². The van der Waals surface area contributed by atoms with Crippen molar-refractivity contribution in [1.29, 1.82) is 0 Å². The van der Waals surface area contributed by atoms with Crippen LogP contribution in [-0.2, 0) is 27.9 Å². The van der Waals surface area contributed by atoms with Crippen molar-refractivity contribution in [2.45, 2.75) is 13.1 Å². The molecule has 0 radical (unpaired) electrons. The maximum Gasteiger partial charge on any atom is 0.242 e. The number of nitrogens with one attached hydrogen (secondary N) is 2. The second kappa shape index (κ2) is 6.69. The minimum absolute atomic E-state index is 0.0413. The molecule has 0 saturated heterocycles. The van der Waals surface area contributed by atoms with E-state index in [1.54, 1.807) is 0 Å². The van der Waals surface area contributed by atoms with E-state index in [0.29, 0.717) is 0 Å². The van der Waals surface area contributed by atoms with Crippen molar-refractivity contribution >= 4 is 21.7 Å². The van der Waals surface area contributed by atoms with Crippen LogP contribution in [-0.4, -0.2) is 35.6 Å². The Morgan fingerprint density at radius 2 is 1.96 bits per heavy atom. The van der Waals surface area contributed by atoms with Crippen LogP contribution in [0.2, 0.25) is 0 Å². The maximum atomic E-state index is 13.4. The van der Waals surface area contributed by atoms with E-state index in [9.17, 15) is 22.0 Å². The van der Waals surface area contributed by atoms with Gasteiger partial charge in [-0.05, 0) is 12.1 Å². The first-order valence-electron chi connectivity index (χ1n) is 6.32. The van der Waals surface area contributed by atoms with Gasteiger partial charge in [0.2, 0.25) is 15.9 Å². The SMILES string of the molecule is CS(=O)(=O)Nc1cn(CC(=O)NCc2c(F)cccc2F)nn1. The molecule has 0 fully saturated rings. The van der Waals surface area contributed by atoms with Crippen LogP contribution in [0.3, 0.4) is 0 Å². The number of benzene rings is 1. The van der Waals surface area contributed by atoms with Crippen LogP contribution in [0.4, 0.5) is 14.6 Å². The summed E-state index contributed by atoms with van der Waals surface area (Å²) in [7, 11) is -3.50. The van der Waals surface area contributed by atoms with Crippen molar-refractivity contribution in [1.82, 2.24) is 20.3 Å². The predicted molar refractivity (Wildman–Crippen MR) is 76.7 cm³/mol. The molecule has 0 aliphatic carbocycles. The first-order valence-corrected chi connectivity index (χ1v) is 8.21. The molecule has 0 aliphatic heterocycles. The third-order valence-corrected chi connectivity index (χ3v) is 3.24. The molecular formula is C12H13F2N5O3S. The van der Waals surface area contributed by atoms with Crippen molar-refractivity contribution in [2.75, 3.05) is 11.0 Å². The van der Waals surface area contributed by atoms with Crippen molar-refractivity contribution in [2.24, 2.45) is 0 Å². The van der Waals surface area contributed by atoms with Crippen LogP contribution in [0.15, 0.2) is 24.4 Å². The van der Waals surface area contributed by atoms with Gasteiger partial charge in [0.25, 0.3) is 0 Å². The number of sulfonamides is 1. The normalized spacial score (nSPS) is 11.3. The van der Waals surface area contributed by atoms with Gasteiger partial charge < -0.3 is 5.32 Å². The lowest BCUT2D eigenvalue weighted by Crippen LogP contribution is -2.28. The molecule has 2 aromatic rings. The average Bonchev–Trinajstić information content (AvgIpc) is 2.83. The summed E-state index contributed by atoms with van der Waals surface area (Å²) >= 11 is 0. The number of aromatic nitrogens is 3. The van der Waals surface area contributed by atoms with E-state index >= 15 is 0 Å². The highest BCUT2D eigenvalue weighted by Crippen LogP contribution is 2.11. The van der Waals surface area contributed by atoms with Gasteiger partial charge >= 0.3 is 0 Å². The minimum atomic E-state index is -3.50. The lowest BCUT2D eigenvalue weighted by atomic mass is 10.2. The number of rotatable bonds is 6. The lowest BCUT2D eigenvalue weighted by Gasteiger charge is -2.07. The topological polar surface area (TPSA) is 106 Å². The summed E-state index contributed by atoms with van der Waals surface area (Å²) in [5.74, 6) is -2.12. The fourth-order valence-corrected chi connectivity index (χ4v) is 2.18. The van der Waals surface area contributed by atoms with Gasteiger partial charge in [0.05, 0.1) is 12.5 Å². The Balaban J connectivity index is 1.93. The molecule has 0 saturated carbocycles. The molecule has 0 unspecified atom stereocenters. The zero-order valence-electron chi connectivity index (χ0n) is 12.0. The highest BCUT2D eigenvalue weighted by Gasteiger charge is 2.12. The van der Waals surface area contributed by atoms with Gasteiger partial charge in [0.15, 0.2) is 5.82 Å². The Labute approximate surface area is 130 Å². The third kappa shape index (κ3) is 4.98. The quantitative estimate of drug-likeness (QED) is 0.780. The van der Waals surface area contributed by atoms with Crippen LogP contribution in [0.25, 0.3) is 0 Å². The zero-order valence-corrected chi connectivity index (χ0v) is 12.8. The van der Waals surface area contributed by atoms with Crippen molar-refractivity contribution < 1.29 is 22.0 Å². The smallest absolute Gasteiger partial charge is 0.242 e. The van der Waals surface area contributed by atoms with Gasteiger partial charge in [-0.25, -0.2) is 21.9 Å². The number of hydrogen-bond acceptors (Lipinski definition) is 5. The first kappa shape index (κ1) is 16.8. The van der Waals surface area contributed by atoms with Crippen LogP contribution in [0, 0.1) is 11.6 Å². The number of carbonyl (C=O) groups is 1. The van der Waals surface area contributed by atoms with E-state index in [2.05, 4.69) is 20.4 Å². The van der Waals surface area contributed by atoms with Crippen molar-refractivity contribution in [3.63, 3.8) is 0 Å². The van der Waals surface area contributed by atoms with E-state index in [1.165, 1.54) is 12.3 Å². The fourth-order valence-electron chi connectivity index (χ4n) is 1.70. The number of amides is 1. The highest BCUT2D eigenvalue weighted by atomic mass is 32.2. The highest BCUT2D eigenvalue weighted by molar-refractivity contribution is 7.92. The number of anilines is 1. The van der Waals surface area contributed by atoms with Crippen molar-refractivity contribution in [3.05, 3.63) is 41.6 Å². The van der Waals surface area contributed by atoms with Gasteiger partial charge in [0, 0.05) is 12.1 Å². The molecule has 0 aliphatic rings. The van der Waals surface area contributed by atoms with Crippen LogP contribution >= 0.6 is 0 Å². The minimum Gasteiger partial charge on any atom is -0.350 e. The summed E-state index contributed by atoms with van der Waals surface area (Å²) in [6.07, 6.45) is 2.16. The van der Waals surface area contributed by atoms with E-state index in [0.717, 1.165) is 23.1 Å². The summed E-state index contributed by atoms with van der Waals surface area (Å²) in [6, 6.07) is 3.40. The molecule has 2 N–H and O–H groups in total. The molecule has 1 aromatic heterocycles. The van der Waals surface area contributed by atoms with Crippen LogP contribution in [0.5, 0.6) is 0 Å². The zero-order chi connectivity index (χ0) is 17.0. The van der Waals surface area contributed by atoms with Crippen molar-refractivity contribution in [3.8, 4) is 0 Å². The van der Waals surface area contributed by atoms with E-state index in [4.69, 9.17) is 0 Å². The molecule has 1 amide bonds. The molecular weight excluding hydrogens is 332 g/mol. The van der Waals surface area contributed by atoms with Gasteiger partial charge in [-0.1, -0.05) is 11.3 Å². The number of nitrogens with zero attached hydrogens (tertiary/aromatic N) is 3. The average molecular weight is 345 g/mol. The molecule has 124 valence electrons. The predicted octanol–water partition coefficient (Wildman–Crippen LogP) is 0.244. The molecule has 1 aromatic carbocycles. The second-order valence-electron chi connectivity index (χ2n) is 4.65. The number of halogens is 2. The largest absolute Gasteiger partial charge is 0.350 e. The Morgan fingerprint density at radius 3 is 2.57 bits per heavy atom. The molecule has 23 heavy (non-hydrogen) atoms. The summed E-state index contributed by atoms with van der Waals surface area (Å²) in [5.41, 5.74) is -0.251. The van der Waals surface area contributed by atoms with Gasteiger partial charge in [-0.15, -0.1) is 5.10 Å². The Kier molecular flexibility index (Phi) is 4.89. The summed E-state index contributed by atoms with van der Waals surface area (Å²) in [5, 5.41) is 9.43. The molecule has 0 bridgehead atoms. The van der Waals surface area contributed by atoms with E-state index < -0.39 is 27.6 Å². The number of carbonyl (C=O) groups excluding carboxylic acids is 1. The Hall–Kier alpha value is -2.56. The fraction of sp³-hybridized carbons (Fsp3) is 0.250. The summed E-state index contributed by atoms with van der Waals surface area (Å²) in [4.78, 5) is 11.7. The monoisotopic (exact) mass is 345 g/mol. The van der Waals surface area contributed by atoms with Crippen LogP contribution in [0.1, 0.15) is 5.56 Å². The lowest BCUT2D eigenvalue weighted by molar-refractivity contribution is -0.122. The molecule has 1 heterocycles. The molecule has 0 spiro atoms. The summed E-state index contributed by atoms with van der Waals surface area (Å²) in [6.45, 7) is -0.602. The van der Waals surface area contributed by atoms with Gasteiger partial charge in [0.1, 0.15) is 18.2 Å². The Morgan fingerprint density at radius 1 is 1.30 bits per heavy atom.